The van der Waals surface area contributed by atoms with Crippen LogP contribution in [0.5, 0.6) is 5.75 Å². The summed E-state index contributed by atoms with van der Waals surface area (Å²) in [4.78, 5) is 11.1. The lowest BCUT2D eigenvalue weighted by Crippen LogP contribution is -1.97. The molecule has 3 aromatic rings. The molecule has 4 heteroatoms. The lowest BCUT2D eigenvalue weighted by atomic mass is 10.0. The van der Waals surface area contributed by atoms with Crippen molar-refractivity contribution in [3.8, 4) is 5.75 Å². The van der Waals surface area contributed by atoms with Gasteiger partial charge in [-0.15, -0.1) is 0 Å². The minimum absolute atomic E-state index is 0.0715. The normalized spacial score (nSPS) is 10.6. The van der Waals surface area contributed by atoms with Gasteiger partial charge in [-0.2, -0.15) is 0 Å². The molecule has 0 amide bonds. The van der Waals surface area contributed by atoms with Crippen LogP contribution in [0.2, 0.25) is 5.02 Å². The zero-order chi connectivity index (χ0) is 15.5. The van der Waals surface area contributed by atoms with Crippen LogP contribution in [0.25, 0.3) is 10.8 Å². The quantitative estimate of drug-likeness (QED) is 0.632. The highest BCUT2D eigenvalue weighted by molar-refractivity contribution is 6.30. The van der Waals surface area contributed by atoms with Gasteiger partial charge in [-0.3, -0.25) is 4.79 Å². The van der Waals surface area contributed by atoms with Gasteiger partial charge in [0.25, 0.3) is 0 Å². The smallest absolute Gasteiger partial charge is 0.150 e. The Balaban J connectivity index is 1.91. The zero-order valence-corrected chi connectivity index (χ0v) is 12.3. The Morgan fingerprint density at radius 3 is 2.55 bits per heavy atom. The van der Waals surface area contributed by atoms with Crippen molar-refractivity contribution in [2.45, 2.75) is 6.61 Å². The molecule has 0 spiro atoms. The van der Waals surface area contributed by atoms with E-state index in [2.05, 4.69) is 0 Å². The maximum Gasteiger partial charge on any atom is 0.150 e. The van der Waals surface area contributed by atoms with Crippen LogP contribution in [0.3, 0.4) is 0 Å². The number of halogens is 2. The van der Waals surface area contributed by atoms with E-state index in [9.17, 15) is 9.18 Å². The van der Waals surface area contributed by atoms with Gasteiger partial charge in [0.15, 0.2) is 6.29 Å². The van der Waals surface area contributed by atoms with Crippen LogP contribution in [0.1, 0.15) is 15.9 Å². The number of benzene rings is 3. The van der Waals surface area contributed by atoms with Gasteiger partial charge in [-0.1, -0.05) is 41.9 Å². The molecule has 0 saturated heterocycles. The molecule has 110 valence electrons. The standard InChI is InChI=1S/C18H12ClFO2/c19-16-9-12(5-7-17(16)20)11-22-18-8-6-13(10-21)14-3-1-2-4-15(14)18/h1-10H,11H2. The van der Waals surface area contributed by atoms with Gasteiger partial charge in [-0.25, -0.2) is 4.39 Å². The Bertz CT molecular complexity index is 846. The van der Waals surface area contributed by atoms with Gasteiger partial charge in [0, 0.05) is 10.9 Å². The molecule has 0 bridgehead atoms. The van der Waals surface area contributed by atoms with Gasteiger partial charge >= 0.3 is 0 Å². The second kappa shape index (κ2) is 6.16. The number of ether oxygens (including phenoxy) is 1. The SMILES string of the molecule is O=Cc1ccc(OCc2ccc(F)c(Cl)c2)c2ccccc12. The Morgan fingerprint density at radius 2 is 1.82 bits per heavy atom. The van der Waals surface area contributed by atoms with E-state index in [1.165, 1.54) is 6.07 Å². The lowest BCUT2D eigenvalue weighted by Gasteiger charge is -2.11. The summed E-state index contributed by atoms with van der Waals surface area (Å²) in [7, 11) is 0. The molecule has 0 radical (unpaired) electrons. The molecule has 0 unspecified atom stereocenters. The van der Waals surface area contributed by atoms with Gasteiger partial charge in [0.05, 0.1) is 5.02 Å². The molecule has 0 N–H and O–H groups in total. The minimum atomic E-state index is -0.453. The third-order valence-corrected chi connectivity index (χ3v) is 3.71. The summed E-state index contributed by atoms with van der Waals surface area (Å²) >= 11 is 5.76. The van der Waals surface area contributed by atoms with E-state index in [0.717, 1.165) is 22.6 Å². The summed E-state index contributed by atoms with van der Waals surface area (Å²) in [5, 5.41) is 1.77. The fourth-order valence-electron chi connectivity index (χ4n) is 2.31. The molecule has 0 saturated carbocycles. The number of hydrogen-bond donors (Lipinski definition) is 0. The zero-order valence-electron chi connectivity index (χ0n) is 11.6. The molecule has 0 fully saturated rings. The monoisotopic (exact) mass is 314 g/mol. The Morgan fingerprint density at radius 1 is 1.05 bits per heavy atom. The lowest BCUT2D eigenvalue weighted by molar-refractivity contribution is 0.112. The van der Waals surface area contributed by atoms with Crippen LogP contribution in [-0.4, -0.2) is 6.29 Å². The molecule has 0 aliphatic rings. The predicted octanol–water partition coefficient (Wildman–Crippen LogP) is 5.02. The first-order chi connectivity index (χ1) is 10.7. The summed E-state index contributed by atoms with van der Waals surface area (Å²) in [5.41, 5.74) is 1.39. The number of rotatable bonds is 4. The van der Waals surface area contributed by atoms with E-state index < -0.39 is 5.82 Å². The number of fused-ring (bicyclic) bond motifs is 1. The fourth-order valence-corrected chi connectivity index (χ4v) is 2.52. The average molecular weight is 315 g/mol. The summed E-state index contributed by atoms with van der Waals surface area (Å²) in [6.45, 7) is 0.268. The van der Waals surface area contributed by atoms with E-state index >= 15 is 0 Å². The van der Waals surface area contributed by atoms with Crippen LogP contribution >= 0.6 is 11.6 Å². The summed E-state index contributed by atoms with van der Waals surface area (Å²) in [6, 6.07) is 15.5. The van der Waals surface area contributed by atoms with Gasteiger partial charge in [0.1, 0.15) is 18.2 Å². The Labute approximate surface area is 132 Å². The van der Waals surface area contributed by atoms with Crippen molar-refractivity contribution >= 4 is 28.7 Å². The third-order valence-electron chi connectivity index (χ3n) is 3.42. The molecule has 3 aromatic carbocycles. The van der Waals surface area contributed by atoms with Crippen molar-refractivity contribution < 1.29 is 13.9 Å². The summed E-state index contributed by atoms with van der Waals surface area (Å²) in [6.07, 6.45) is 0.825. The first-order valence-electron chi connectivity index (χ1n) is 6.72. The first kappa shape index (κ1) is 14.5. The topological polar surface area (TPSA) is 26.3 Å². The molecular weight excluding hydrogens is 303 g/mol. The van der Waals surface area contributed by atoms with Crippen molar-refractivity contribution in [1.29, 1.82) is 0 Å². The van der Waals surface area contributed by atoms with Crippen molar-refractivity contribution in [3.63, 3.8) is 0 Å². The Hall–Kier alpha value is -2.39. The van der Waals surface area contributed by atoms with E-state index in [0.29, 0.717) is 11.3 Å². The third kappa shape index (κ3) is 2.81. The molecule has 0 aliphatic carbocycles. The highest BCUT2D eigenvalue weighted by atomic mass is 35.5. The molecule has 3 rings (SSSR count). The van der Waals surface area contributed by atoms with Gasteiger partial charge < -0.3 is 4.74 Å². The second-order valence-electron chi connectivity index (χ2n) is 4.85. The first-order valence-corrected chi connectivity index (χ1v) is 7.10. The number of carbonyl (C=O) groups excluding carboxylic acids is 1. The van der Waals surface area contributed by atoms with Crippen molar-refractivity contribution in [2.75, 3.05) is 0 Å². The molecule has 0 aliphatic heterocycles. The van der Waals surface area contributed by atoms with E-state index in [4.69, 9.17) is 16.3 Å². The average Bonchev–Trinajstić information content (AvgIpc) is 2.55. The van der Waals surface area contributed by atoms with Crippen molar-refractivity contribution in [3.05, 3.63) is 76.6 Å². The highest BCUT2D eigenvalue weighted by Gasteiger charge is 2.07. The predicted molar refractivity (Wildman–Crippen MR) is 85.1 cm³/mol. The number of aldehydes is 1. The van der Waals surface area contributed by atoms with Crippen LogP contribution in [0.15, 0.2) is 54.6 Å². The maximum atomic E-state index is 13.1. The molecular formula is C18H12ClFO2. The number of hydrogen-bond acceptors (Lipinski definition) is 2. The number of carbonyl (C=O) groups is 1. The van der Waals surface area contributed by atoms with Crippen LogP contribution in [-0.2, 0) is 6.61 Å². The van der Waals surface area contributed by atoms with Gasteiger partial charge in [-0.05, 0) is 35.2 Å². The van der Waals surface area contributed by atoms with E-state index in [1.54, 1.807) is 24.3 Å². The van der Waals surface area contributed by atoms with Crippen LogP contribution in [0.4, 0.5) is 4.39 Å². The van der Waals surface area contributed by atoms with Crippen LogP contribution in [0, 0.1) is 5.82 Å². The molecule has 2 nitrogen and oxygen atoms in total. The molecule has 22 heavy (non-hydrogen) atoms. The fraction of sp³-hybridized carbons (Fsp3) is 0.0556. The largest absolute Gasteiger partial charge is 0.488 e. The summed E-state index contributed by atoms with van der Waals surface area (Å²) in [5.74, 6) is 0.216. The maximum absolute atomic E-state index is 13.1. The van der Waals surface area contributed by atoms with E-state index in [-0.39, 0.29) is 11.6 Å². The molecule has 0 heterocycles. The Kier molecular flexibility index (Phi) is 4.07. The van der Waals surface area contributed by atoms with Crippen molar-refractivity contribution in [1.82, 2.24) is 0 Å². The summed E-state index contributed by atoms with van der Waals surface area (Å²) < 4.78 is 19.0. The minimum Gasteiger partial charge on any atom is -0.488 e. The molecule has 0 aromatic heterocycles. The highest BCUT2D eigenvalue weighted by Crippen LogP contribution is 2.28. The second-order valence-corrected chi connectivity index (χ2v) is 5.26. The molecule has 0 atom stereocenters. The van der Waals surface area contributed by atoms with Gasteiger partial charge in [0.2, 0.25) is 0 Å². The van der Waals surface area contributed by atoms with Crippen molar-refractivity contribution in [2.24, 2.45) is 0 Å². The van der Waals surface area contributed by atoms with E-state index in [1.807, 2.05) is 24.3 Å². The van der Waals surface area contributed by atoms with Crippen LogP contribution < -0.4 is 4.74 Å².